The average molecular weight is 320 g/mol. The van der Waals surface area contributed by atoms with Crippen LogP contribution in [0.1, 0.15) is 19.4 Å². The van der Waals surface area contributed by atoms with Crippen molar-refractivity contribution in [1.29, 1.82) is 0 Å². The molecule has 20 heavy (non-hydrogen) atoms. The summed E-state index contributed by atoms with van der Waals surface area (Å²) in [7, 11) is 3.20. The maximum absolute atomic E-state index is 11.8. The lowest BCUT2D eigenvalue weighted by molar-refractivity contribution is -0.133. The van der Waals surface area contributed by atoms with Gasteiger partial charge in [-0.3, -0.25) is 4.79 Å². The molecule has 0 fully saturated rings. The first-order valence-corrected chi connectivity index (χ1v) is 8.37. The molecule has 112 valence electrons. The van der Waals surface area contributed by atoms with Crippen LogP contribution in [0.3, 0.4) is 0 Å². The molecule has 0 saturated heterocycles. The van der Waals surface area contributed by atoms with E-state index in [0.717, 1.165) is 0 Å². The topological polar surface area (TPSA) is 63.7 Å². The van der Waals surface area contributed by atoms with Gasteiger partial charge in [0.25, 0.3) is 15.0 Å². The van der Waals surface area contributed by atoms with Crippen LogP contribution in [0, 0.1) is 6.92 Å². The molecule has 1 aromatic carbocycles. The van der Waals surface area contributed by atoms with Crippen molar-refractivity contribution in [1.82, 2.24) is 4.90 Å². The summed E-state index contributed by atoms with van der Waals surface area (Å²) in [4.78, 5) is 13.4. The lowest BCUT2D eigenvalue weighted by atomic mass is 10.2. The Labute approximate surface area is 123 Å². The maximum atomic E-state index is 11.8. The fourth-order valence-corrected chi connectivity index (χ4v) is 2.30. The Kier molecular flexibility index (Phi) is 5.42. The van der Waals surface area contributed by atoms with E-state index < -0.39 is 9.05 Å². The molecule has 0 N–H and O–H groups in total. The third kappa shape index (κ3) is 4.38. The largest absolute Gasteiger partial charge is 0.483 e. The number of carbonyl (C=O) groups is 1. The second kappa shape index (κ2) is 6.45. The number of likely N-dealkylation sites (N-methyl/N-ethyl adjacent to an activating group) is 1. The van der Waals surface area contributed by atoms with Crippen LogP contribution in [0.2, 0.25) is 0 Å². The highest BCUT2D eigenvalue weighted by molar-refractivity contribution is 8.13. The molecular formula is C13H18ClNO4S. The second-order valence-corrected chi connectivity index (χ2v) is 7.32. The molecule has 0 bridgehead atoms. The molecule has 1 amide bonds. The molecule has 1 aromatic rings. The first-order chi connectivity index (χ1) is 9.12. The number of benzene rings is 1. The molecule has 0 aromatic heterocycles. The monoisotopic (exact) mass is 319 g/mol. The number of carbonyl (C=O) groups excluding carboxylic acids is 1. The fourth-order valence-electron chi connectivity index (χ4n) is 1.46. The number of hydrogen-bond donors (Lipinski definition) is 0. The van der Waals surface area contributed by atoms with Gasteiger partial charge in [0.2, 0.25) is 0 Å². The average Bonchev–Trinajstić information content (AvgIpc) is 2.34. The van der Waals surface area contributed by atoms with Crippen LogP contribution >= 0.6 is 10.7 Å². The molecule has 0 aliphatic heterocycles. The van der Waals surface area contributed by atoms with Crippen LogP contribution in [0.25, 0.3) is 0 Å². The van der Waals surface area contributed by atoms with Gasteiger partial charge in [-0.2, -0.15) is 0 Å². The standard InChI is InChI=1S/C13H18ClNO4S/c1-9(2)15(4)13(16)8-19-12-6-5-11(7-10(12)3)20(14,17)18/h5-7,9H,8H2,1-4H3. The Bertz CT molecular complexity index is 598. The van der Waals surface area contributed by atoms with E-state index in [2.05, 4.69) is 0 Å². The third-order valence-electron chi connectivity index (χ3n) is 2.95. The van der Waals surface area contributed by atoms with E-state index in [1.54, 1.807) is 18.9 Å². The zero-order valence-electron chi connectivity index (χ0n) is 11.9. The van der Waals surface area contributed by atoms with Crippen molar-refractivity contribution >= 4 is 25.6 Å². The van der Waals surface area contributed by atoms with E-state index >= 15 is 0 Å². The van der Waals surface area contributed by atoms with Crippen molar-refractivity contribution < 1.29 is 17.9 Å². The number of amides is 1. The molecule has 1 rings (SSSR count). The molecule has 0 aliphatic carbocycles. The normalized spacial score (nSPS) is 11.5. The quantitative estimate of drug-likeness (QED) is 0.780. The molecule has 5 nitrogen and oxygen atoms in total. The highest BCUT2D eigenvalue weighted by Gasteiger charge is 2.15. The maximum Gasteiger partial charge on any atom is 0.261 e. The van der Waals surface area contributed by atoms with Gasteiger partial charge in [0.05, 0.1) is 4.90 Å². The van der Waals surface area contributed by atoms with Gasteiger partial charge in [-0.15, -0.1) is 0 Å². The predicted molar refractivity (Wildman–Crippen MR) is 77.6 cm³/mol. The van der Waals surface area contributed by atoms with Gasteiger partial charge in [0.1, 0.15) is 5.75 Å². The first kappa shape index (κ1) is 16.8. The summed E-state index contributed by atoms with van der Waals surface area (Å²) in [5.74, 6) is 0.313. The number of ether oxygens (including phenoxy) is 1. The molecule has 0 unspecified atom stereocenters. The molecule has 7 heteroatoms. The zero-order valence-corrected chi connectivity index (χ0v) is 13.5. The van der Waals surface area contributed by atoms with E-state index in [1.165, 1.54) is 18.2 Å². The molecule has 0 atom stereocenters. The van der Waals surface area contributed by atoms with Crippen molar-refractivity contribution in [3.05, 3.63) is 23.8 Å². The van der Waals surface area contributed by atoms with Crippen LogP contribution in [-0.2, 0) is 13.8 Å². The van der Waals surface area contributed by atoms with Gasteiger partial charge >= 0.3 is 0 Å². The predicted octanol–water partition coefficient (Wildman–Crippen LogP) is 2.17. The van der Waals surface area contributed by atoms with Crippen LogP contribution in [-0.4, -0.2) is 38.9 Å². The number of nitrogens with zero attached hydrogens (tertiary/aromatic N) is 1. The fraction of sp³-hybridized carbons (Fsp3) is 0.462. The van der Waals surface area contributed by atoms with Gasteiger partial charge in [0, 0.05) is 23.8 Å². The van der Waals surface area contributed by atoms with E-state index in [1.807, 2.05) is 13.8 Å². The molecule has 0 heterocycles. The van der Waals surface area contributed by atoms with Gasteiger partial charge in [-0.05, 0) is 44.5 Å². The molecule has 0 saturated carbocycles. The Morgan fingerprint density at radius 1 is 1.40 bits per heavy atom. The van der Waals surface area contributed by atoms with Crippen LogP contribution < -0.4 is 4.74 Å². The van der Waals surface area contributed by atoms with E-state index in [9.17, 15) is 13.2 Å². The highest BCUT2D eigenvalue weighted by Crippen LogP contribution is 2.23. The first-order valence-electron chi connectivity index (χ1n) is 6.06. The van der Waals surface area contributed by atoms with E-state index in [0.29, 0.717) is 11.3 Å². The molecular weight excluding hydrogens is 302 g/mol. The minimum absolute atomic E-state index is 0.00893. The molecule has 0 aliphatic rings. The molecule has 0 radical (unpaired) electrons. The number of aryl methyl sites for hydroxylation is 1. The Hall–Kier alpha value is -1.27. The summed E-state index contributed by atoms with van der Waals surface area (Å²) in [6.45, 7) is 5.41. The van der Waals surface area contributed by atoms with E-state index in [-0.39, 0.29) is 23.5 Å². The SMILES string of the molecule is Cc1cc(S(=O)(=O)Cl)ccc1OCC(=O)N(C)C(C)C. The van der Waals surface area contributed by atoms with Crippen LogP contribution in [0.5, 0.6) is 5.75 Å². The van der Waals surface area contributed by atoms with Gasteiger partial charge < -0.3 is 9.64 Å². The lowest BCUT2D eigenvalue weighted by Gasteiger charge is -2.21. The second-order valence-electron chi connectivity index (χ2n) is 4.75. The minimum atomic E-state index is -3.76. The smallest absolute Gasteiger partial charge is 0.261 e. The Morgan fingerprint density at radius 3 is 2.45 bits per heavy atom. The lowest BCUT2D eigenvalue weighted by Crippen LogP contribution is -2.36. The van der Waals surface area contributed by atoms with Crippen LogP contribution in [0.15, 0.2) is 23.1 Å². The van der Waals surface area contributed by atoms with Gasteiger partial charge in [-0.25, -0.2) is 8.42 Å². The van der Waals surface area contributed by atoms with Gasteiger partial charge in [0.15, 0.2) is 6.61 Å². The summed E-state index contributed by atoms with van der Waals surface area (Å²) in [6, 6.07) is 4.35. The zero-order chi connectivity index (χ0) is 15.5. The van der Waals surface area contributed by atoms with Crippen molar-refractivity contribution in [2.24, 2.45) is 0 Å². The number of hydrogen-bond acceptors (Lipinski definition) is 4. The highest BCUT2D eigenvalue weighted by atomic mass is 35.7. The number of halogens is 1. The van der Waals surface area contributed by atoms with Gasteiger partial charge in [-0.1, -0.05) is 0 Å². The van der Waals surface area contributed by atoms with E-state index in [4.69, 9.17) is 15.4 Å². The Balaban J connectivity index is 2.78. The van der Waals surface area contributed by atoms with Crippen LogP contribution in [0.4, 0.5) is 0 Å². The van der Waals surface area contributed by atoms with Crippen molar-refractivity contribution in [3.63, 3.8) is 0 Å². The molecule has 0 spiro atoms. The third-order valence-corrected chi connectivity index (χ3v) is 4.30. The summed E-state index contributed by atoms with van der Waals surface area (Å²) >= 11 is 0. The summed E-state index contributed by atoms with van der Waals surface area (Å²) in [6.07, 6.45) is 0. The summed E-state index contributed by atoms with van der Waals surface area (Å²) in [5.41, 5.74) is 0.603. The summed E-state index contributed by atoms with van der Waals surface area (Å²) in [5, 5.41) is 0. The minimum Gasteiger partial charge on any atom is -0.483 e. The summed E-state index contributed by atoms with van der Waals surface area (Å²) < 4.78 is 27.8. The van der Waals surface area contributed by atoms with Crippen molar-refractivity contribution in [2.75, 3.05) is 13.7 Å². The van der Waals surface area contributed by atoms with Crippen molar-refractivity contribution in [2.45, 2.75) is 31.7 Å². The van der Waals surface area contributed by atoms with Crippen molar-refractivity contribution in [3.8, 4) is 5.75 Å². The number of rotatable bonds is 5. The Morgan fingerprint density at radius 2 is 2.00 bits per heavy atom.